The van der Waals surface area contributed by atoms with Crippen molar-refractivity contribution in [2.45, 2.75) is 32.7 Å². The molecule has 1 atom stereocenters. The zero-order valence-electron chi connectivity index (χ0n) is 11.7. The van der Waals surface area contributed by atoms with Crippen molar-refractivity contribution in [3.05, 3.63) is 29.8 Å². The second-order valence-electron chi connectivity index (χ2n) is 4.60. The first kappa shape index (κ1) is 20.1. The number of hydrogen-bond donors (Lipinski definition) is 0. The summed E-state index contributed by atoms with van der Waals surface area (Å²) in [5, 5.41) is 0. The first-order chi connectivity index (χ1) is 7.91. The molecule has 0 spiro atoms. The monoisotopic (exact) mass is 439 g/mol. The molecule has 1 rings (SSSR count). The maximum atomic E-state index is 4.13. The van der Waals surface area contributed by atoms with E-state index in [1.807, 2.05) is 0 Å². The van der Waals surface area contributed by atoms with Crippen LogP contribution in [-0.2, 0) is 27.3 Å². The fourth-order valence-corrected chi connectivity index (χ4v) is 1.08. The van der Waals surface area contributed by atoms with Gasteiger partial charge in [-0.3, -0.25) is 0 Å². The molecule has 0 aliphatic heterocycles. The maximum Gasteiger partial charge on any atom is -0.0361 e. The van der Waals surface area contributed by atoms with Gasteiger partial charge >= 0.3 is 50.5 Å². The van der Waals surface area contributed by atoms with Gasteiger partial charge < -0.3 is 0 Å². The van der Waals surface area contributed by atoms with Crippen molar-refractivity contribution >= 4 is 17.8 Å². The zero-order valence-corrected chi connectivity index (χ0v) is 17.1. The predicted molar refractivity (Wildman–Crippen MR) is 82.7 cm³/mol. The van der Waals surface area contributed by atoms with Gasteiger partial charge in [-0.05, 0) is 25.9 Å². The van der Waals surface area contributed by atoms with Gasteiger partial charge in [0.05, 0.1) is 0 Å². The van der Waals surface area contributed by atoms with E-state index in [4.69, 9.17) is 0 Å². The van der Waals surface area contributed by atoms with Crippen LogP contribution in [0.5, 0.6) is 0 Å². The van der Waals surface area contributed by atoms with Crippen LogP contribution in [-0.4, -0.2) is 25.0 Å². The van der Waals surface area contributed by atoms with E-state index in [0.717, 1.165) is 29.5 Å². The Morgan fingerprint density at radius 3 is 2.12 bits per heavy atom. The Morgan fingerprint density at radius 2 is 1.88 bits per heavy atom. The van der Waals surface area contributed by atoms with Gasteiger partial charge in [-0.15, -0.1) is 17.8 Å². The average Bonchev–Trinajstić information content (AvgIpc) is 2.72. The van der Waals surface area contributed by atoms with E-state index in [1.54, 1.807) is 0 Å². The first-order valence-electron chi connectivity index (χ1n) is 5.76. The summed E-state index contributed by atoms with van der Waals surface area (Å²) in [7, 11) is 3.80. The van der Waals surface area contributed by atoms with Crippen LogP contribution in [0.1, 0.15) is 26.3 Å². The Balaban J connectivity index is 0. The van der Waals surface area contributed by atoms with E-state index in [9.17, 15) is 0 Å². The summed E-state index contributed by atoms with van der Waals surface area (Å²) in [5.74, 6) is 0. The van der Waals surface area contributed by atoms with E-state index < -0.39 is 0 Å². The summed E-state index contributed by atoms with van der Waals surface area (Å²) < 4.78 is 4.13. The molecule has 99 valence electrons. The summed E-state index contributed by atoms with van der Waals surface area (Å²) in [6, 6.07) is 8.47. The van der Waals surface area contributed by atoms with Crippen LogP contribution >= 0.6 is 17.8 Å². The van der Waals surface area contributed by atoms with Gasteiger partial charge in [-0.1, -0.05) is 0 Å². The third-order valence-electron chi connectivity index (χ3n) is 1.46. The Morgan fingerprint density at radius 1 is 1.41 bits per heavy atom. The third-order valence-corrected chi connectivity index (χ3v) is 3.91. The van der Waals surface area contributed by atoms with E-state index in [1.165, 1.54) is 18.1 Å². The SMILES string of the molecule is CC(C)(C)[N]=[Ta].CPC.PCCc1ccc[cH-]1. The van der Waals surface area contributed by atoms with Gasteiger partial charge in [-0.2, -0.15) is 17.7 Å². The van der Waals surface area contributed by atoms with Crippen molar-refractivity contribution in [1.82, 2.24) is 0 Å². The fourth-order valence-electron chi connectivity index (χ4n) is 0.747. The summed E-state index contributed by atoms with van der Waals surface area (Å²) in [6.45, 7) is 10.6. The molecule has 1 aromatic rings. The summed E-state index contributed by atoms with van der Waals surface area (Å²) >= 11 is 1.15. The molecule has 0 saturated carbocycles. The number of nitrogens with zero attached hydrogens (tertiary/aromatic N) is 1. The molecule has 0 aromatic heterocycles. The molecule has 0 heterocycles. The standard InChI is InChI=1S/C7H10P.C4H9N.C2H7P.Ta/c8-6-5-7-3-1-2-4-7;1-4(2,3)5;1-3-2;/h1-4H,5-6,8H2;1-3H3;3H,1-2H3;/q-1;;;. The van der Waals surface area contributed by atoms with Crippen LogP contribution < -0.4 is 0 Å². The van der Waals surface area contributed by atoms with Crippen LogP contribution in [0.2, 0.25) is 0 Å². The molecule has 0 radical (unpaired) electrons. The van der Waals surface area contributed by atoms with Crippen LogP contribution in [0, 0.1) is 0 Å². The molecule has 0 N–H and O–H groups in total. The largest absolute Gasteiger partial charge is 0.213 e. The molecule has 0 saturated heterocycles. The van der Waals surface area contributed by atoms with E-state index in [0.29, 0.717) is 0 Å². The van der Waals surface area contributed by atoms with Crippen molar-refractivity contribution in [3.63, 3.8) is 0 Å². The second kappa shape index (κ2) is 13.2. The molecule has 0 fully saturated rings. The average molecular weight is 439 g/mol. The van der Waals surface area contributed by atoms with E-state index in [-0.39, 0.29) is 5.54 Å². The van der Waals surface area contributed by atoms with Gasteiger partial charge in [0.25, 0.3) is 0 Å². The predicted octanol–water partition coefficient (Wildman–Crippen LogP) is 4.26. The first-order valence-corrected chi connectivity index (χ1v) is 10.0. The molecule has 1 nitrogen and oxygen atoms in total. The molecule has 0 aliphatic carbocycles. The van der Waals surface area contributed by atoms with E-state index in [2.05, 4.69) is 70.9 Å². The molecule has 0 amide bonds. The minimum absolute atomic E-state index is 0.216. The van der Waals surface area contributed by atoms with E-state index >= 15 is 0 Å². The quantitative estimate of drug-likeness (QED) is 0.483. The number of rotatable bonds is 2. The molecule has 0 bridgehead atoms. The Labute approximate surface area is 124 Å². The third kappa shape index (κ3) is 19.3. The minimum Gasteiger partial charge on any atom is -0.213 e. The molecular formula is C13H26NP2Ta-. The smallest absolute Gasteiger partial charge is 0.0361 e. The molecule has 1 aromatic carbocycles. The Hall–Kier alpha value is 0.750. The van der Waals surface area contributed by atoms with Crippen molar-refractivity contribution < 1.29 is 20.9 Å². The van der Waals surface area contributed by atoms with Gasteiger partial charge in [0.2, 0.25) is 0 Å². The Kier molecular flexibility index (Phi) is 15.6. The number of hydrogen-bond acceptors (Lipinski definition) is 1. The van der Waals surface area contributed by atoms with Crippen LogP contribution in [0.15, 0.2) is 27.6 Å². The van der Waals surface area contributed by atoms with Gasteiger partial charge in [0, 0.05) is 0 Å². The Bertz CT molecular complexity index is 253. The normalized spacial score (nSPS) is 9.47. The number of aryl methyl sites for hydroxylation is 1. The maximum absolute atomic E-state index is 4.13. The van der Waals surface area contributed by atoms with Crippen molar-refractivity contribution in [2.24, 2.45) is 3.34 Å². The molecule has 0 aliphatic rings. The van der Waals surface area contributed by atoms with Crippen molar-refractivity contribution in [2.75, 3.05) is 19.5 Å². The molecule has 1 unspecified atom stereocenters. The van der Waals surface area contributed by atoms with Gasteiger partial charge in [0.15, 0.2) is 0 Å². The van der Waals surface area contributed by atoms with Crippen LogP contribution in [0.3, 0.4) is 0 Å². The van der Waals surface area contributed by atoms with Gasteiger partial charge in [0.1, 0.15) is 0 Å². The van der Waals surface area contributed by atoms with Crippen LogP contribution in [0.25, 0.3) is 0 Å². The molecule has 4 heteroatoms. The summed E-state index contributed by atoms with van der Waals surface area (Å²) in [6.07, 6.45) is 2.36. The van der Waals surface area contributed by atoms with Crippen molar-refractivity contribution in [3.8, 4) is 0 Å². The summed E-state index contributed by atoms with van der Waals surface area (Å²) in [5.41, 5.74) is 1.66. The zero-order chi connectivity index (χ0) is 13.7. The topological polar surface area (TPSA) is 12.4 Å². The van der Waals surface area contributed by atoms with Crippen LogP contribution in [0.4, 0.5) is 0 Å². The summed E-state index contributed by atoms with van der Waals surface area (Å²) in [4.78, 5) is 0. The van der Waals surface area contributed by atoms with Gasteiger partial charge in [-0.25, -0.2) is 12.1 Å². The van der Waals surface area contributed by atoms with Crippen molar-refractivity contribution in [1.29, 1.82) is 0 Å². The molecule has 17 heavy (non-hydrogen) atoms. The molecular weight excluding hydrogens is 413 g/mol. The fraction of sp³-hybridized carbons (Fsp3) is 0.615. The second-order valence-corrected chi connectivity index (χ2v) is 6.90. The minimum atomic E-state index is 0.216.